The van der Waals surface area contributed by atoms with Gasteiger partial charge in [-0.2, -0.15) is 0 Å². The fourth-order valence-electron chi connectivity index (χ4n) is 6.36. The molecule has 2 aliphatic carbocycles. The molecule has 36 heavy (non-hydrogen) atoms. The third-order valence-corrected chi connectivity index (χ3v) is 8.81. The standard InChI is InChI=1S/C27H42N4O5/c1-18-16-22(29-24(33)11-9-20-6-4-3-5-7-20)25(34)27(18,28)21-10-8-19(2)31(17-23(21)32)26(35)30-12-14-36-15-13-30/h16,18-21H,3-15,17,28H2,1-2H3,(H,29,33)/t18?,19-,21+,27?/m1/s1. The van der Waals surface area contributed by atoms with Gasteiger partial charge in [-0.05, 0) is 32.1 Å². The van der Waals surface area contributed by atoms with Gasteiger partial charge in [0.2, 0.25) is 5.91 Å². The van der Waals surface area contributed by atoms with Crippen molar-refractivity contribution in [2.24, 2.45) is 23.5 Å². The van der Waals surface area contributed by atoms with Crippen molar-refractivity contribution in [1.29, 1.82) is 0 Å². The van der Waals surface area contributed by atoms with Crippen LogP contribution >= 0.6 is 0 Å². The van der Waals surface area contributed by atoms with E-state index in [9.17, 15) is 19.2 Å². The molecule has 1 saturated carbocycles. The van der Waals surface area contributed by atoms with E-state index in [0.717, 1.165) is 6.42 Å². The van der Waals surface area contributed by atoms with Crippen LogP contribution in [-0.2, 0) is 19.1 Å². The summed E-state index contributed by atoms with van der Waals surface area (Å²) in [7, 11) is 0. The number of carbonyl (C=O) groups is 4. The number of carbonyl (C=O) groups excluding carboxylic acids is 4. The molecule has 200 valence electrons. The van der Waals surface area contributed by atoms with Crippen molar-refractivity contribution >= 4 is 23.5 Å². The molecular formula is C27H42N4O5. The number of amides is 3. The Morgan fingerprint density at radius 3 is 2.47 bits per heavy atom. The van der Waals surface area contributed by atoms with Crippen LogP contribution in [0.4, 0.5) is 4.79 Å². The van der Waals surface area contributed by atoms with Crippen LogP contribution in [0.2, 0.25) is 0 Å². The number of ketones is 2. The lowest BCUT2D eigenvalue weighted by Gasteiger charge is -2.36. The molecule has 2 saturated heterocycles. The number of ether oxygens (including phenoxy) is 1. The van der Waals surface area contributed by atoms with Gasteiger partial charge >= 0.3 is 6.03 Å². The van der Waals surface area contributed by atoms with Crippen molar-refractivity contribution in [1.82, 2.24) is 15.1 Å². The number of morpholine rings is 1. The number of urea groups is 1. The zero-order valence-corrected chi connectivity index (χ0v) is 21.8. The van der Waals surface area contributed by atoms with Gasteiger partial charge in [-0.3, -0.25) is 14.4 Å². The number of nitrogens with two attached hydrogens (primary N) is 1. The predicted octanol–water partition coefficient (Wildman–Crippen LogP) is 2.39. The number of hydrogen-bond acceptors (Lipinski definition) is 6. The number of Topliss-reactive ketones (excluding diaryl/α,β-unsaturated/α-hetero) is 2. The van der Waals surface area contributed by atoms with Gasteiger partial charge in [0.25, 0.3) is 0 Å². The maximum absolute atomic E-state index is 13.5. The Kier molecular flexibility index (Phi) is 8.50. The summed E-state index contributed by atoms with van der Waals surface area (Å²) in [6.45, 7) is 5.69. The molecule has 0 aromatic heterocycles. The number of rotatable bonds is 5. The first-order valence-electron chi connectivity index (χ1n) is 13.7. The maximum atomic E-state index is 13.5. The smallest absolute Gasteiger partial charge is 0.320 e. The molecule has 4 rings (SSSR count). The lowest BCUT2D eigenvalue weighted by Crippen LogP contribution is -2.60. The van der Waals surface area contributed by atoms with E-state index in [4.69, 9.17) is 10.5 Å². The van der Waals surface area contributed by atoms with Gasteiger partial charge in [-0.1, -0.05) is 45.1 Å². The van der Waals surface area contributed by atoms with Crippen molar-refractivity contribution in [3.63, 3.8) is 0 Å². The molecule has 9 nitrogen and oxygen atoms in total. The Bertz CT molecular complexity index is 893. The molecular weight excluding hydrogens is 460 g/mol. The minimum absolute atomic E-state index is 0.0654. The average molecular weight is 503 g/mol. The fourth-order valence-corrected chi connectivity index (χ4v) is 6.36. The molecule has 3 fully saturated rings. The molecule has 4 aliphatic rings. The monoisotopic (exact) mass is 502 g/mol. The Morgan fingerprint density at radius 2 is 1.78 bits per heavy atom. The summed E-state index contributed by atoms with van der Waals surface area (Å²) in [6, 6.07) is -0.308. The van der Waals surface area contributed by atoms with Crippen LogP contribution < -0.4 is 11.1 Å². The number of nitrogens with zero attached hydrogens (tertiary/aromatic N) is 2. The van der Waals surface area contributed by atoms with E-state index in [1.807, 2.05) is 13.8 Å². The van der Waals surface area contributed by atoms with Crippen LogP contribution in [0, 0.1) is 17.8 Å². The second-order valence-corrected chi connectivity index (χ2v) is 11.2. The van der Waals surface area contributed by atoms with Crippen LogP contribution in [0.3, 0.4) is 0 Å². The highest BCUT2D eigenvalue weighted by atomic mass is 16.5. The summed E-state index contributed by atoms with van der Waals surface area (Å²) in [4.78, 5) is 56.1. The van der Waals surface area contributed by atoms with E-state index >= 15 is 0 Å². The third kappa shape index (κ3) is 5.52. The van der Waals surface area contributed by atoms with Crippen LogP contribution in [0.15, 0.2) is 11.8 Å². The van der Waals surface area contributed by atoms with Crippen molar-refractivity contribution < 1.29 is 23.9 Å². The summed E-state index contributed by atoms with van der Waals surface area (Å²) < 4.78 is 5.35. The Balaban J connectivity index is 1.39. The molecule has 4 atom stereocenters. The zero-order chi connectivity index (χ0) is 25.9. The Labute approximate surface area is 214 Å². The molecule has 0 bridgehead atoms. The number of nitrogens with one attached hydrogen (secondary N) is 1. The maximum Gasteiger partial charge on any atom is 0.320 e. The van der Waals surface area contributed by atoms with E-state index in [2.05, 4.69) is 5.32 Å². The summed E-state index contributed by atoms with van der Waals surface area (Å²) in [5, 5.41) is 2.80. The van der Waals surface area contributed by atoms with Crippen molar-refractivity contribution in [3.8, 4) is 0 Å². The second kappa shape index (κ2) is 11.4. The van der Waals surface area contributed by atoms with Gasteiger partial charge in [0, 0.05) is 37.4 Å². The average Bonchev–Trinajstić information content (AvgIpc) is 3.00. The highest BCUT2D eigenvalue weighted by molar-refractivity contribution is 6.10. The van der Waals surface area contributed by atoms with Crippen LogP contribution in [0.1, 0.15) is 71.6 Å². The molecule has 2 aliphatic heterocycles. The van der Waals surface area contributed by atoms with Gasteiger partial charge in [0.15, 0.2) is 11.6 Å². The first kappa shape index (κ1) is 26.8. The van der Waals surface area contributed by atoms with Crippen LogP contribution in [-0.4, -0.2) is 77.7 Å². The molecule has 0 aromatic carbocycles. The van der Waals surface area contributed by atoms with Crippen molar-refractivity contribution in [2.45, 2.75) is 83.2 Å². The quantitative estimate of drug-likeness (QED) is 0.595. The van der Waals surface area contributed by atoms with E-state index in [-0.39, 0.29) is 41.8 Å². The van der Waals surface area contributed by atoms with E-state index in [0.29, 0.717) is 51.5 Å². The molecule has 9 heteroatoms. The van der Waals surface area contributed by atoms with Gasteiger partial charge in [0.05, 0.1) is 31.0 Å². The lowest BCUT2D eigenvalue weighted by atomic mass is 9.72. The molecule has 2 heterocycles. The molecule has 0 radical (unpaired) electrons. The first-order valence-corrected chi connectivity index (χ1v) is 13.7. The number of hydrogen-bond donors (Lipinski definition) is 2. The fraction of sp³-hybridized carbons (Fsp3) is 0.778. The Hall–Kier alpha value is -2.26. The largest absolute Gasteiger partial charge is 0.378 e. The highest BCUT2D eigenvalue weighted by Crippen LogP contribution is 2.39. The highest BCUT2D eigenvalue weighted by Gasteiger charge is 2.54. The molecule has 3 amide bonds. The van der Waals surface area contributed by atoms with Gasteiger partial charge in [0.1, 0.15) is 0 Å². The van der Waals surface area contributed by atoms with Crippen LogP contribution in [0.25, 0.3) is 0 Å². The zero-order valence-electron chi connectivity index (χ0n) is 21.8. The molecule has 0 aromatic rings. The summed E-state index contributed by atoms with van der Waals surface area (Å²) in [5.41, 5.74) is 5.54. The lowest BCUT2D eigenvalue weighted by molar-refractivity contribution is -0.133. The number of likely N-dealkylation sites (tertiary alicyclic amines) is 1. The van der Waals surface area contributed by atoms with Crippen molar-refractivity contribution in [2.75, 3.05) is 32.8 Å². The predicted molar refractivity (Wildman–Crippen MR) is 135 cm³/mol. The van der Waals surface area contributed by atoms with Gasteiger partial charge in [-0.25, -0.2) is 4.79 Å². The molecule has 2 unspecified atom stereocenters. The normalized spacial score (nSPS) is 32.3. The third-order valence-electron chi connectivity index (χ3n) is 8.81. The van der Waals surface area contributed by atoms with Crippen molar-refractivity contribution in [3.05, 3.63) is 11.8 Å². The summed E-state index contributed by atoms with van der Waals surface area (Å²) in [6.07, 6.45) is 10.0. The van der Waals surface area contributed by atoms with Crippen LogP contribution in [0.5, 0.6) is 0 Å². The summed E-state index contributed by atoms with van der Waals surface area (Å²) >= 11 is 0. The Morgan fingerprint density at radius 1 is 1.08 bits per heavy atom. The van der Waals surface area contributed by atoms with Gasteiger partial charge in [-0.15, -0.1) is 0 Å². The van der Waals surface area contributed by atoms with E-state index < -0.39 is 17.4 Å². The SMILES string of the molecule is CC1C=C(NC(=O)CCC2CCCCC2)C(=O)C1(N)[C@H]1CC[C@@H](C)N(C(=O)N2CCOCC2)CC1=O. The van der Waals surface area contributed by atoms with E-state index in [1.165, 1.54) is 32.1 Å². The summed E-state index contributed by atoms with van der Waals surface area (Å²) in [5.74, 6) is -1.26. The topological polar surface area (TPSA) is 122 Å². The second-order valence-electron chi connectivity index (χ2n) is 11.2. The van der Waals surface area contributed by atoms with E-state index in [1.54, 1.807) is 15.9 Å². The first-order chi connectivity index (χ1) is 17.2. The molecule has 0 spiro atoms. The molecule has 3 N–H and O–H groups in total. The minimum Gasteiger partial charge on any atom is -0.378 e. The van der Waals surface area contributed by atoms with Gasteiger partial charge < -0.3 is 25.6 Å². The minimum atomic E-state index is -1.42.